The molecular weight excluding hydrogens is 300 g/mol. The van der Waals surface area contributed by atoms with Crippen molar-refractivity contribution in [3.05, 3.63) is 65.4 Å². The maximum atomic E-state index is 11.9. The topological polar surface area (TPSA) is 51.2 Å². The minimum absolute atomic E-state index is 0.189. The Morgan fingerprint density at radius 1 is 1.12 bits per heavy atom. The summed E-state index contributed by atoms with van der Waals surface area (Å²) >= 11 is 0. The number of esters is 1. The minimum atomic E-state index is -0.275. The molecule has 1 N–H and O–H groups in total. The summed E-state index contributed by atoms with van der Waals surface area (Å²) in [5.74, 6) is -0.275. The Hall–Kier alpha value is -2.88. The molecule has 2 aromatic carbocycles. The average Bonchev–Trinajstić information content (AvgIpc) is 2.57. The van der Waals surface area contributed by atoms with Crippen molar-refractivity contribution < 1.29 is 9.53 Å². The van der Waals surface area contributed by atoms with E-state index in [1.165, 1.54) is 12.7 Å². The Kier molecular flexibility index (Phi) is 4.47. The van der Waals surface area contributed by atoms with Gasteiger partial charge in [-0.25, -0.2) is 0 Å². The number of fused-ring (bicyclic) bond motifs is 1. The summed E-state index contributed by atoms with van der Waals surface area (Å²) in [4.78, 5) is 16.5. The number of hydrogen-bond donors (Lipinski definition) is 1. The smallest absolute Gasteiger partial charge is 0.310 e. The van der Waals surface area contributed by atoms with Crippen molar-refractivity contribution in [2.24, 2.45) is 0 Å². The zero-order valence-electron chi connectivity index (χ0n) is 14.1. The van der Waals surface area contributed by atoms with Crippen LogP contribution < -0.4 is 5.32 Å². The Bertz CT molecular complexity index is 903. The van der Waals surface area contributed by atoms with E-state index in [4.69, 9.17) is 4.74 Å². The second kappa shape index (κ2) is 6.71. The van der Waals surface area contributed by atoms with Gasteiger partial charge in [-0.2, -0.15) is 0 Å². The first kappa shape index (κ1) is 16.0. The second-order valence-corrected chi connectivity index (χ2v) is 5.82. The van der Waals surface area contributed by atoms with Crippen molar-refractivity contribution in [3.8, 4) is 0 Å². The Morgan fingerprint density at radius 2 is 1.92 bits per heavy atom. The molecule has 4 nitrogen and oxygen atoms in total. The van der Waals surface area contributed by atoms with Gasteiger partial charge in [0.25, 0.3) is 0 Å². The van der Waals surface area contributed by atoms with Crippen LogP contribution in [0.25, 0.3) is 10.9 Å². The molecule has 0 amide bonds. The number of rotatable bonds is 4. The zero-order chi connectivity index (χ0) is 17.1. The highest BCUT2D eigenvalue weighted by atomic mass is 16.5. The van der Waals surface area contributed by atoms with E-state index >= 15 is 0 Å². The third-order valence-electron chi connectivity index (χ3n) is 4.04. The summed E-state index contributed by atoms with van der Waals surface area (Å²) in [6.07, 6.45) is 0.189. The van der Waals surface area contributed by atoms with E-state index < -0.39 is 0 Å². The molecule has 0 unspecified atom stereocenters. The maximum Gasteiger partial charge on any atom is 0.310 e. The van der Waals surface area contributed by atoms with Gasteiger partial charge in [0, 0.05) is 22.3 Å². The third-order valence-corrected chi connectivity index (χ3v) is 4.04. The van der Waals surface area contributed by atoms with E-state index in [1.807, 2.05) is 43.3 Å². The molecule has 1 aromatic heterocycles. The molecular formula is C20H20N2O2. The van der Waals surface area contributed by atoms with Crippen molar-refractivity contribution in [2.75, 3.05) is 12.4 Å². The number of methoxy groups -OCH3 is 1. The predicted molar refractivity (Wildman–Crippen MR) is 96.7 cm³/mol. The fourth-order valence-corrected chi connectivity index (χ4v) is 2.82. The summed E-state index contributed by atoms with van der Waals surface area (Å²) in [7, 11) is 1.40. The fourth-order valence-electron chi connectivity index (χ4n) is 2.82. The number of nitrogens with one attached hydrogen (secondary N) is 1. The number of carbonyl (C=O) groups excluding carboxylic acids is 1. The number of ether oxygens (including phenoxy) is 1. The molecule has 122 valence electrons. The van der Waals surface area contributed by atoms with Gasteiger partial charge in [0.2, 0.25) is 0 Å². The molecule has 0 aliphatic rings. The van der Waals surface area contributed by atoms with Crippen LogP contribution >= 0.6 is 0 Å². The molecule has 1 heterocycles. The first-order valence-electron chi connectivity index (χ1n) is 7.87. The van der Waals surface area contributed by atoms with Gasteiger partial charge in [0.15, 0.2) is 0 Å². The lowest BCUT2D eigenvalue weighted by atomic mass is 10.0. The largest absolute Gasteiger partial charge is 0.469 e. The number of carbonyl (C=O) groups is 1. The molecule has 24 heavy (non-hydrogen) atoms. The van der Waals surface area contributed by atoms with Crippen LogP contribution in [0.4, 0.5) is 11.4 Å². The van der Waals surface area contributed by atoms with Crippen LogP contribution in [0.2, 0.25) is 0 Å². The highest BCUT2D eigenvalue weighted by Gasteiger charge is 2.16. The van der Waals surface area contributed by atoms with Crippen molar-refractivity contribution >= 4 is 28.2 Å². The number of benzene rings is 2. The average molecular weight is 320 g/mol. The minimum Gasteiger partial charge on any atom is -0.469 e. The van der Waals surface area contributed by atoms with Gasteiger partial charge in [-0.1, -0.05) is 30.3 Å². The summed E-state index contributed by atoms with van der Waals surface area (Å²) in [6, 6.07) is 16.1. The molecule has 0 spiro atoms. The number of aryl methyl sites for hydroxylation is 2. The number of para-hydroxylation sites is 1. The second-order valence-electron chi connectivity index (χ2n) is 5.82. The predicted octanol–water partition coefficient (Wildman–Crippen LogP) is 4.31. The zero-order valence-corrected chi connectivity index (χ0v) is 14.1. The SMILES string of the molecule is COC(=O)Cc1c(C)nc2ccccc2c1Nc1cccc(C)c1. The highest BCUT2D eigenvalue weighted by Crippen LogP contribution is 2.32. The van der Waals surface area contributed by atoms with Crippen molar-refractivity contribution in [1.29, 1.82) is 0 Å². The summed E-state index contributed by atoms with van der Waals surface area (Å²) < 4.78 is 4.85. The molecule has 0 saturated heterocycles. The van der Waals surface area contributed by atoms with E-state index in [1.54, 1.807) is 0 Å². The van der Waals surface area contributed by atoms with Crippen LogP contribution in [0.3, 0.4) is 0 Å². The molecule has 4 heteroatoms. The molecule has 3 aromatic rings. The van der Waals surface area contributed by atoms with E-state index in [0.717, 1.165) is 33.5 Å². The number of hydrogen-bond acceptors (Lipinski definition) is 4. The van der Waals surface area contributed by atoms with E-state index in [-0.39, 0.29) is 12.4 Å². The lowest BCUT2D eigenvalue weighted by Crippen LogP contribution is -2.10. The number of pyridine rings is 1. The quantitative estimate of drug-likeness (QED) is 0.728. The van der Waals surface area contributed by atoms with Gasteiger partial charge < -0.3 is 10.1 Å². The normalized spacial score (nSPS) is 10.6. The Morgan fingerprint density at radius 3 is 2.67 bits per heavy atom. The van der Waals surface area contributed by atoms with Crippen LogP contribution in [0.15, 0.2) is 48.5 Å². The summed E-state index contributed by atoms with van der Waals surface area (Å²) in [6.45, 7) is 3.97. The lowest BCUT2D eigenvalue weighted by Gasteiger charge is -2.17. The van der Waals surface area contributed by atoms with Crippen molar-refractivity contribution in [3.63, 3.8) is 0 Å². The highest BCUT2D eigenvalue weighted by molar-refractivity contribution is 5.96. The molecule has 0 aliphatic heterocycles. The number of anilines is 2. The lowest BCUT2D eigenvalue weighted by molar-refractivity contribution is -0.139. The van der Waals surface area contributed by atoms with Crippen LogP contribution in [0.1, 0.15) is 16.8 Å². The van der Waals surface area contributed by atoms with Gasteiger partial charge in [-0.3, -0.25) is 9.78 Å². The van der Waals surface area contributed by atoms with Crippen LogP contribution in [-0.2, 0) is 16.0 Å². The Balaban J connectivity index is 2.17. The molecule has 0 bridgehead atoms. The summed E-state index contributed by atoms with van der Waals surface area (Å²) in [5, 5.41) is 4.47. The number of nitrogens with zero attached hydrogens (tertiary/aromatic N) is 1. The first-order valence-corrected chi connectivity index (χ1v) is 7.87. The number of aromatic nitrogens is 1. The fraction of sp³-hybridized carbons (Fsp3) is 0.200. The van der Waals surface area contributed by atoms with Gasteiger partial charge >= 0.3 is 5.97 Å². The molecule has 0 radical (unpaired) electrons. The molecule has 0 fully saturated rings. The van der Waals surface area contributed by atoms with Crippen LogP contribution in [0, 0.1) is 13.8 Å². The summed E-state index contributed by atoms with van der Waals surface area (Å²) in [5.41, 5.74) is 5.66. The van der Waals surface area contributed by atoms with Crippen LogP contribution in [-0.4, -0.2) is 18.1 Å². The van der Waals surface area contributed by atoms with Gasteiger partial charge in [-0.15, -0.1) is 0 Å². The van der Waals surface area contributed by atoms with E-state index in [0.29, 0.717) is 0 Å². The monoisotopic (exact) mass is 320 g/mol. The molecule has 0 atom stereocenters. The standard InChI is InChI=1S/C20H20N2O2/c1-13-7-6-8-15(11-13)22-20-16-9-4-5-10-18(16)21-14(2)17(20)12-19(23)24-3/h4-11H,12H2,1-3H3,(H,21,22). The first-order chi connectivity index (χ1) is 11.6. The van der Waals surface area contributed by atoms with E-state index in [2.05, 4.69) is 29.4 Å². The van der Waals surface area contributed by atoms with Gasteiger partial charge in [0.05, 0.1) is 24.7 Å². The van der Waals surface area contributed by atoms with Gasteiger partial charge in [-0.05, 0) is 37.6 Å². The maximum absolute atomic E-state index is 11.9. The Labute approximate surface area is 141 Å². The van der Waals surface area contributed by atoms with Crippen molar-refractivity contribution in [2.45, 2.75) is 20.3 Å². The molecule has 0 aliphatic carbocycles. The van der Waals surface area contributed by atoms with Gasteiger partial charge in [0.1, 0.15) is 0 Å². The third kappa shape index (κ3) is 3.23. The van der Waals surface area contributed by atoms with Crippen molar-refractivity contribution in [1.82, 2.24) is 4.98 Å². The molecule has 3 rings (SSSR count). The van der Waals surface area contributed by atoms with Crippen LogP contribution in [0.5, 0.6) is 0 Å². The molecule has 0 saturated carbocycles. The van der Waals surface area contributed by atoms with E-state index in [9.17, 15) is 4.79 Å².